The molecule has 0 aliphatic carbocycles. The zero-order valence-electron chi connectivity index (χ0n) is 18.3. The van der Waals surface area contributed by atoms with Gasteiger partial charge < -0.3 is 4.90 Å². The Labute approximate surface area is 184 Å². The summed E-state index contributed by atoms with van der Waals surface area (Å²) in [6.07, 6.45) is 5.69. The summed E-state index contributed by atoms with van der Waals surface area (Å²) in [5, 5.41) is 0.970. The molecule has 2 aromatic carbocycles. The third kappa shape index (κ3) is 4.35. The molecule has 4 rings (SSSR count). The van der Waals surface area contributed by atoms with Crippen molar-refractivity contribution in [2.75, 3.05) is 11.4 Å². The Morgan fingerprint density at radius 3 is 2.45 bits per heavy atom. The number of nitrogens with one attached hydrogen (secondary N) is 1. The normalized spacial score (nSPS) is 14.9. The SMILES string of the molecule is CC1=CCN(c2cccc3ncccc23)C(NS(=O)(=O)c2ccc(C(C)(C)C)cc2)=C1. The fourth-order valence-electron chi connectivity index (χ4n) is 3.65. The van der Waals surface area contributed by atoms with Crippen molar-refractivity contribution in [3.8, 4) is 0 Å². The van der Waals surface area contributed by atoms with E-state index in [0.717, 1.165) is 27.7 Å². The van der Waals surface area contributed by atoms with Gasteiger partial charge in [0.15, 0.2) is 0 Å². The predicted octanol–water partition coefficient (Wildman–Crippen LogP) is 5.12. The second-order valence-electron chi connectivity index (χ2n) is 8.82. The molecule has 31 heavy (non-hydrogen) atoms. The van der Waals surface area contributed by atoms with E-state index in [1.54, 1.807) is 18.3 Å². The van der Waals surface area contributed by atoms with E-state index in [1.807, 2.05) is 60.4 Å². The van der Waals surface area contributed by atoms with E-state index in [-0.39, 0.29) is 10.3 Å². The van der Waals surface area contributed by atoms with Crippen LogP contribution in [0.2, 0.25) is 0 Å². The van der Waals surface area contributed by atoms with Gasteiger partial charge in [0, 0.05) is 18.1 Å². The first-order valence-corrected chi connectivity index (χ1v) is 11.8. The van der Waals surface area contributed by atoms with Crippen LogP contribution in [0.15, 0.2) is 89.2 Å². The average Bonchev–Trinajstić information content (AvgIpc) is 2.73. The molecule has 1 N–H and O–H groups in total. The van der Waals surface area contributed by atoms with Crippen molar-refractivity contribution in [3.05, 3.63) is 89.9 Å². The van der Waals surface area contributed by atoms with E-state index < -0.39 is 10.0 Å². The highest BCUT2D eigenvalue weighted by Gasteiger charge is 2.23. The number of anilines is 1. The van der Waals surface area contributed by atoms with Crippen molar-refractivity contribution in [1.29, 1.82) is 0 Å². The zero-order valence-corrected chi connectivity index (χ0v) is 19.1. The molecule has 1 aromatic heterocycles. The smallest absolute Gasteiger partial charge is 0.262 e. The highest BCUT2D eigenvalue weighted by Crippen LogP contribution is 2.30. The molecule has 6 heteroatoms. The van der Waals surface area contributed by atoms with Crippen LogP contribution in [-0.4, -0.2) is 19.9 Å². The summed E-state index contributed by atoms with van der Waals surface area (Å²) in [6, 6.07) is 16.9. The van der Waals surface area contributed by atoms with Crippen molar-refractivity contribution in [3.63, 3.8) is 0 Å². The highest BCUT2D eigenvalue weighted by molar-refractivity contribution is 7.89. The molecule has 0 bridgehead atoms. The lowest BCUT2D eigenvalue weighted by molar-refractivity contribution is 0.582. The van der Waals surface area contributed by atoms with Crippen molar-refractivity contribution in [2.45, 2.75) is 38.0 Å². The molecule has 0 atom stereocenters. The van der Waals surface area contributed by atoms with Crippen LogP contribution in [0.1, 0.15) is 33.3 Å². The lowest BCUT2D eigenvalue weighted by atomic mass is 9.87. The summed E-state index contributed by atoms with van der Waals surface area (Å²) in [7, 11) is -3.74. The third-order valence-electron chi connectivity index (χ3n) is 5.43. The molecule has 0 saturated carbocycles. The van der Waals surface area contributed by atoms with Crippen molar-refractivity contribution in [1.82, 2.24) is 9.71 Å². The van der Waals surface area contributed by atoms with E-state index in [9.17, 15) is 8.42 Å². The first-order chi connectivity index (χ1) is 14.6. The van der Waals surface area contributed by atoms with Crippen LogP contribution < -0.4 is 9.62 Å². The van der Waals surface area contributed by atoms with Crippen molar-refractivity contribution >= 4 is 26.6 Å². The molecule has 1 aliphatic heterocycles. The van der Waals surface area contributed by atoms with Crippen molar-refractivity contribution < 1.29 is 8.42 Å². The van der Waals surface area contributed by atoms with Gasteiger partial charge in [-0.05, 0) is 65.9 Å². The number of sulfonamides is 1. The van der Waals surface area contributed by atoms with Crippen LogP contribution in [0.5, 0.6) is 0 Å². The lowest BCUT2D eigenvalue weighted by Crippen LogP contribution is -2.37. The van der Waals surface area contributed by atoms with Gasteiger partial charge in [0.2, 0.25) is 0 Å². The first kappa shape index (κ1) is 21.1. The van der Waals surface area contributed by atoms with Crippen LogP contribution in [0, 0.1) is 0 Å². The molecular formula is C25H27N3O2S. The number of nitrogens with zero attached hydrogens (tertiary/aromatic N) is 2. The van der Waals surface area contributed by atoms with Crippen LogP contribution in [0.25, 0.3) is 10.9 Å². The van der Waals surface area contributed by atoms with E-state index >= 15 is 0 Å². The van der Waals surface area contributed by atoms with Gasteiger partial charge in [-0.25, -0.2) is 8.42 Å². The average molecular weight is 434 g/mol. The van der Waals surface area contributed by atoms with Gasteiger partial charge in [-0.3, -0.25) is 9.71 Å². The number of rotatable bonds is 4. The van der Waals surface area contributed by atoms with Crippen LogP contribution >= 0.6 is 0 Å². The largest absolute Gasteiger partial charge is 0.323 e. The molecule has 3 aromatic rings. The van der Waals surface area contributed by atoms with Gasteiger partial charge in [0.05, 0.1) is 16.1 Å². The molecule has 1 aliphatic rings. The van der Waals surface area contributed by atoms with Gasteiger partial charge in [0.25, 0.3) is 10.0 Å². The molecule has 5 nitrogen and oxygen atoms in total. The van der Waals surface area contributed by atoms with E-state index in [2.05, 4.69) is 36.6 Å². The van der Waals surface area contributed by atoms with Gasteiger partial charge in [0.1, 0.15) is 5.82 Å². The Balaban J connectivity index is 1.70. The number of aromatic nitrogens is 1. The minimum Gasteiger partial charge on any atom is -0.323 e. The molecule has 0 saturated heterocycles. The maximum atomic E-state index is 13.2. The minimum atomic E-state index is -3.74. The highest BCUT2D eigenvalue weighted by atomic mass is 32.2. The lowest BCUT2D eigenvalue weighted by Gasteiger charge is -2.30. The summed E-state index contributed by atoms with van der Waals surface area (Å²) in [5.74, 6) is 0.524. The maximum Gasteiger partial charge on any atom is 0.262 e. The van der Waals surface area contributed by atoms with Gasteiger partial charge in [-0.1, -0.05) is 45.0 Å². The molecule has 0 amide bonds. The molecule has 0 unspecified atom stereocenters. The van der Waals surface area contributed by atoms with Crippen molar-refractivity contribution in [2.24, 2.45) is 0 Å². The third-order valence-corrected chi connectivity index (χ3v) is 6.80. The number of allylic oxidation sites excluding steroid dienone is 2. The number of hydrogen-bond donors (Lipinski definition) is 1. The summed E-state index contributed by atoms with van der Waals surface area (Å²) < 4.78 is 29.2. The zero-order chi connectivity index (χ0) is 22.2. The molecule has 2 heterocycles. The second kappa shape index (κ2) is 7.85. The summed E-state index contributed by atoms with van der Waals surface area (Å²) in [5.41, 5.74) is 3.84. The molecule has 0 fully saturated rings. The number of pyridine rings is 1. The topological polar surface area (TPSA) is 62.3 Å². The maximum absolute atomic E-state index is 13.2. The van der Waals surface area contributed by atoms with E-state index in [4.69, 9.17) is 0 Å². The van der Waals surface area contributed by atoms with Gasteiger partial charge in [-0.15, -0.1) is 0 Å². The van der Waals surface area contributed by atoms with Crippen LogP contribution in [0.3, 0.4) is 0 Å². The quantitative estimate of drug-likeness (QED) is 0.620. The van der Waals surface area contributed by atoms with Gasteiger partial charge in [-0.2, -0.15) is 0 Å². The number of benzene rings is 2. The Bertz CT molecular complexity index is 1280. The molecule has 0 radical (unpaired) electrons. The minimum absolute atomic E-state index is 0.0390. The summed E-state index contributed by atoms with van der Waals surface area (Å²) in [4.78, 5) is 6.64. The fraction of sp³-hybridized carbons (Fsp3) is 0.240. The van der Waals surface area contributed by atoms with E-state index in [0.29, 0.717) is 12.4 Å². The Kier molecular flexibility index (Phi) is 5.35. The summed E-state index contributed by atoms with van der Waals surface area (Å²) in [6.45, 7) is 8.85. The molecule has 0 spiro atoms. The van der Waals surface area contributed by atoms with Gasteiger partial charge >= 0.3 is 0 Å². The second-order valence-corrected chi connectivity index (χ2v) is 10.5. The predicted molar refractivity (Wildman–Crippen MR) is 126 cm³/mol. The Morgan fingerprint density at radius 1 is 1.00 bits per heavy atom. The van der Waals surface area contributed by atoms with Crippen LogP contribution in [-0.2, 0) is 15.4 Å². The Morgan fingerprint density at radius 2 is 1.74 bits per heavy atom. The first-order valence-electron chi connectivity index (χ1n) is 10.3. The van der Waals surface area contributed by atoms with Crippen LogP contribution in [0.4, 0.5) is 5.69 Å². The number of hydrogen-bond acceptors (Lipinski definition) is 4. The standard InChI is InChI=1S/C25H27N3O2S/c1-18-14-16-28(23-9-5-8-22-21(23)7-6-15-26-22)24(17-18)27-31(29,30)20-12-10-19(11-13-20)25(2,3)4/h5-15,17,27H,16H2,1-4H3. The molecular weight excluding hydrogens is 406 g/mol. The molecule has 160 valence electrons. The number of fused-ring (bicyclic) bond motifs is 1. The monoisotopic (exact) mass is 433 g/mol. The fourth-order valence-corrected chi connectivity index (χ4v) is 4.71. The Hall–Kier alpha value is -3.12. The van der Waals surface area contributed by atoms with E-state index in [1.165, 1.54) is 0 Å². The summed E-state index contributed by atoms with van der Waals surface area (Å²) >= 11 is 0.